The van der Waals surface area contributed by atoms with Crippen LogP contribution in [0.4, 0.5) is 24.5 Å². The molecule has 0 spiro atoms. The van der Waals surface area contributed by atoms with Gasteiger partial charge in [-0.25, -0.2) is 0 Å². The third kappa shape index (κ3) is 7.21. The summed E-state index contributed by atoms with van der Waals surface area (Å²) in [6.07, 6.45) is -2.65. The third-order valence-electron chi connectivity index (χ3n) is 4.08. The molecule has 4 nitrogen and oxygen atoms in total. The van der Waals surface area contributed by atoms with Crippen molar-refractivity contribution in [2.45, 2.75) is 19.0 Å². The van der Waals surface area contributed by atoms with Crippen LogP contribution in [0.1, 0.15) is 18.4 Å². The standard InChI is InChI=1S/C20H24F3N3O/c1-26(18-10-3-2-4-11-18)13-6-5-12-24-19(27)15-25-17-9-7-8-16(14-17)20(21,22)23/h2-4,7-11,14,25H,5-6,12-13,15H2,1H3,(H,24,27). The molecule has 0 bridgehead atoms. The van der Waals surface area contributed by atoms with Crippen LogP contribution < -0.4 is 15.5 Å². The van der Waals surface area contributed by atoms with Crippen molar-refractivity contribution >= 4 is 17.3 Å². The van der Waals surface area contributed by atoms with Gasteiger partial charge in [-0.1, -0.05) is 24.3 Å². The minimum atomic E-state index is -4.40. The first-order valence-electron chi connectivity index (χ1n) is 8.80. The lowest BCUT2D eigenvalue weighted by Gasteiger charge is -2.19. The molecule has 0 aliphatic carbocycles. The van der Waals surface area contributed by atoms with Gasteiger partial charge in [-0.2, -0.15) is 13.2 Å². The molecule has 7 heteroatoms. The zero-order valence-corrected chi connectivity index (χ0v) is 15.2. The number of benzene rings is 2. The molecule has 0 atom stereocenters. The number of hydrogen-bond donors (Lipinski definition) is 2. The Morgan fingerprint density at radius 3 is 2.48 bits per heavy atom. The number of rotatable bonds is 9. The van der Waals surface area contributed by atoms with Gasteiger partial charge < -0.3 is 15.5 Å². The van der Waals surface area contributed by atoms with E-state index < -0.39 is 11.7 Å². The average Bonchev–Trinajstić information content (AvgIpc) is 2.66. The molecule has 0 saturated carbocycles. The van der Waals surface area contributed by atoms with E-state index in [0.29, 0.717) is 6.54 Å². The van der Waals surface area contributed by atoms with Crippen LogP contribution in [-0.2, 0) is 11.0 Å². The molecule has 1 amide bonds. The quantitative estimate of drug-likeness (QED) is 0.644. The van der Waals surface area contributed by atoms with Crippen LogP contribution in [0.3, 0.4) is 0 Å². The number of nitrogens with zero attached hydrogens (tertiary/aromatic N) is 1. The molecule has 0 aromatic heterocycles. The molecule has 0 heterocycles. The van der Waals surface area contributed by atoms with E-state index in [1.165, 1.54) is 12.1 Å². The summed E-state index contributed by atoms with van der Waals surface area (Å²) in [6, 6.07) is 14.8. The van der Waals surface area contributed by atoms with Crippen molar-refractivity contribution in [1.29, 1.82) is 0 Å². The van der Waals surface area contributed by atoms with Gasteiger partial charge in [0.15, 0.2) is 0 Å². The number of amides is 1. The number of carbonyl (C=O) groups excluding carboxylic acids is 1. The lowest BCUT2D eigenvalue weighted by molar-refractivity contribution is -0.137. The molecule has 0 unspecified atom stereocenters. The van der Waals surface area contributed by atoms with Crippen molar-refractivity contribution < 1.29 is 18.0 Å². The first kappa shape index (κ1) is 20.6. The van der Waals surface area contributed by atoms with E-state index in [1.807, 2.05) is 37.4 Å². The predicted octanol–water partition coefficient (Wildman–Crippen LogP) is 4.15. The summed E-state index contributed by atoms with van der Waals surface area (Å²) >= 11 is 0. The summed E-state index contributed by atoms with van der Waals surface area (Å²) < 4.78 is 38.0. The highest BCUT2D eigenvalue weighted by atomic mass is 19.4. The number of carbonyl (C=O) groups is 1. The number of anilines is 2. The van der Waals surface area contributed by atoms with Crippen molar-refractivity contribution in [1.82, 2.24) is 5.32 Å². The Morgan fingerprint density at radius 2 is 1.78 bits per heavy atom. The highest BCUT2D eigenvalue weighted by Gasteiger charge is 2.30. The largest absolute Gasteiger partial charge is 0.416 e. The topological polar surface area (TPSA) is 44.4 Å². The smallest absolute Gasteiger partial charge is 0.376 e. The monoisotopic (exact) mass is 379 g/mol. The predicted molar refractivity (Wildman–Crippen MR) is 102 cm³/mol. The third-order valence-corrected chi connectivity index (χ3v) is 4.08. The molecule has 2 aromatic rings. The second-order valence-electron chi connectivity index (χ2n) is 6.25. The molecule has 0 aliphatic heterocycles. The fraction of sp³-hybridized carbons (Fsp3) is 0.350. The van der Waals surface area contributed by atoms with Crippen molar-refractivity contribution in [2.24, 2.45) is 0 Å². The van der Waals surface area contributed by atoms with E-state index in [4.69, 9.17) is 0 Å². The van der Waals surface area contributed by atoms with Crippen LogP contribution in [0.5, 0.6) is 0 Å². The van der Waals surface area contributed by atoms with E-state index in [1.54, 1.807) is 0 Å². The number of unbranched alkanes of at least 4 members (excludes halogenated alkanes) is 1. The van der Waals surface area contributed by atoms with Crippen LogP contribution in [-0.4, -0.2) is 32.6 Å². The molecular weight excluding hydrogens is 355 g/mol. The Morgan fingerprint density at radius 1 is 1.04 bits per heavy atom. The number of para-hydroxylation sites is 1. The maximum atomic E-state index is 12.7. The van der Waals surface area contributed by atoms with Gasteiger partial charge in [-0.3, -0.25) is 4.79 Å². The lowest BCUT2D eigenvalue weighted by atomic mass is 10.2. The van der Waals surface area contributed by atoms with E-state index in [9.17, 15) is 18.0 Å². The summed E-state index contributed by atoms with van der Waals surface area (Å²) in [5, 5.41) is 5.49. The van der Waals surface area contributed by atoms with Crippen molar-refractivity contribution in [3.05, 3.63) is 60.2 Å². The summed E-state index contributed by atoms with van der Waals surface area (Å²) in [5.74, 6) is -0.246. The molecule has 2 aromatic carbocycles. The molecule has 2 rings (SSSR count). The van der Waals surface area contributed by atoms with E-state index in [-0.39, 0.29) is 18.1 Å². The second kappa shape index (κ2) is 9.85. The summed E-state index contributed by atoms with van der Waals surface area (Å²) in [4.78, 5) is 14.0. The molecule has 146 valence electrons. The maximum absolute atomic E-state index is 12.7. The number of halogens is 3. The minimum absolute atomic E-state index is 0.0643. The molecule has 0 saturated heterocycles. The Bertz CT molecular complexity index is 720. The zero-order valence-electron chi connectivity index (χ0n) is 15.2. The van der Waals surface area contributed by atoms with Crippen molar-refractivity contribution in [2.75, 3.05) is 36.9 Å². The van der Waals surface area contributed by atoms with Gasteiger partial charge >= 0.3 is 6.18 Å². The minimum Gasteiger partial charge on any atom is -0.376 e. The fourth-order valence-electron chi connectivity index (χ4n) is 2.56. The van der Waals surface area contributed by atoms with Gasteiger partial charge in [-0.05, 0) is 43.2 Å². The summed E-state index contributed by atoms with van der Waals surface area (Å²) in [5.41, 5.74) is 0.673. The normalized spacial score (nSPS) is 11.1. The van der Waals surface area contributed by atoms with Gasteiger partial charge in [0.05, 0.1) is 12.1 Å². The first-order valence-corrected chi connectivity index (χ1v) is 8.80. The number of hydrogen-bond acceptors (Lipinski definition) is 3. The fourth-order valence-corrected chi connectivity index (χ4v) is 2.56. The van der Waals surface area contributed by atoms with Crippen LogP contribution in [0.2, 0.25) is 0 Å². The Kier molecular flexibility index (Phi) is 7.52. The molecule has 27 heavy (non-hydrogen) atoms. The van der Waals surface area contributed by atoms with Gasteiger partial charge in [0.25, 0.3) is 0 Å². The Balaban J connectivity index is 1.63. The maximum Gasteiger partial charge on any atom is 0.416 e. The van der Waals surface area contributed by atoms with Gasteiger partial charge in [0.1, 0.15) is 0 Å². The van der Waals surface area contributed by atoms with E-state index in [0.717, 1.165) is 37.2 Å². The van der Waals surface area contributed by atoms with E-state index >= 15 is 0 Å². The van der Waals surface area contributed by atoms with Gasteiger partial charge in [-0.15, -0.1) is 0 Å². The van der Waals surface area contributed by atoms with E-state index in [2.05, 4.69) is 15.5 Å². The molecule has 0 fully saturated rings. The van der Waals surface area contributed by atoms with Crippen molar-refractivity contribution in [3.8, 4) is 0 Å². The van der Waals surface area contributed by atoms with Crippen LogP contribution in [0.15, 0.2) is 54.6 Å². The molecular formula is C20H24F3N3O. The Hall–Kier alpha value is -2.70. The number of alkyl halides is 3. The van der Waals surface area contributed by atoms with Crippen LogP contribution in [0.25, 0.3) is 0 Å². The molecule has 0 radical (unpaired) electrons. The van der Waals surface area contributed by atoms with Gasteiger partial charge in [0.2, 0.25) is 5.91 Å². The van der Waals surface area contributed by atoms with Crippen LogP contribution >= 0.6 is 0 Å². The zero-order chi connectivity index (χ0) is 19.7. The van der Waals surface area contributed by atoms with Crippen molar-refractivity contribution in [3.63, 3.8) is 0 Å². The first-order chi connectivity index (χ1) is 12.9. The molecule has 0 aliphatic rings. The summed E-state index contributed by atoms with van der Waals surface area (Å²) in [7, 11) is 2.02. The van der Waals surface area contributed by atoms with Crippen LogP contribution in [0, 0.1) is 0 Å². The van der Waals surface area contributed by atoms with Gasteiger partial charge in [0, 0.05) is 31.5 Å². The Labute approximate surface area is 157 Å². The highest BCUT2D eigenvalue weighted by Crippen LogP contribution is 2.30. The average molecular weight is 379 g/mol. The number of nitrogens with one attached hydrogen (secondary N) is 2. The SMILES string of the molecule is CN(CCCCNC(=O)CNc1cccc(C(F)(F)F)c1)c1ccccc1. The highest BCUT2D eigenvalue weighted by molar-refractivity contribution is 5.80. The second-order valence-corrected chi connectivity index (χ2v) is 6.25. The lowest BCUT2D eigenvalue weighted by Crippen LogP contribution is -2.31. The molecule has 2 N–H and O–H groups in total. The summed E-state index contributed by atoms with van der Waals surface area (Å²) in [6.45, 7) is 1.35.